The zero-order valence-electron chi connectivity index (χ0n) is 9.72. The van der Waals surface area contributed by atoms with Crippen LogP contribution in [0.1, 0.15) is 19.3 Å². The minimum absolute atomic E-state index is 0. The Labute approximate surface area is 119 Å². The van der Waals surface area contributed by atoms with E-state index in [0.29, 0.717) is 6.42 Å². The normalized spacial score (nSPS) is 17.3. The maximum atomic E-state index is 10.3. The van der Waals surface area contributed by atoms with E-state index >= 15 is 0 Å². The van der Waals surface area contributed by atoms with Crippen LogP contribution in [0, 0.1) is 0 Å². The first-order valence-electron chi connectivity index (χ1n) is 5.31. The highest BCUT2D eigenvalue weighted by Crippen LogP contribution is 2.03. The number of carboxylic acids is 1. The molecule has 0 atom stereocenters. The van der Waals surface area contributed by atoms with Gasteiger partial charge in [-0.25, -0.2) is 0 Å². The molecule has 0 amide bonds. The number of unbranched alkanes of at least 4 members (excludes halogenated alkanes) is 1. The van der Waals surface area contributed by atoms with Crippen LogP contribution in [-0.4, -0.2) is 60.6 Å². The summed E-state index contributed by atoms with van der Waals surface area (Å²) in [5.74, 6) is -0.677. The molecule has 1 saturated heterocycles. The third-order valence-corrected chi connectivity index (χ3v) is 2.71. The van der Waals surface area contributed by atoms with Gasteiger partial charge >= 0.3 is 5.97 Å². The summed E-state index contributed by atoms with van der Waals surface area (Å²) in [4.78, 5) is 15.0. The van der Waals surface area contributed by atoms with Gasteiger partial charge in [-0.1, -0.05) is 0 Å². The summed E-state index contributed by atoms with van der Waals surface area (Å²) in [6, 6.07) is 0. The van der Waals surface area contributed by atoms with E-state index in [9.17, 15) is 4.79 Å². The predicted molar refractivity (Wildman–Crippen MR) is 76.1 cm³/mol. The van der Waals surface area contributed by atoms with Crippen molar-refractivity contribution in [3.05, 3.63) is 0 Å². The van der Waals surface area contributed by atoms with Crippen LogP contribution in [0.15, 0.2) is 0 Å². The fourth-order valence-corrected chi connectivity index (χ4v) is 1.68. The van der Waals surface area contributed by atoms with Gasteiger partial charge < -0.3 is 14.9 Å². The van der Waals surface area contributed by atoms with Gasteiger partial charge in [0.15, 0.2) is 0 Å². The molecule has 0 bridgehead atoms. The van der Waals surface area contributed by atoms with Gasteiger partial charge in [0, 0.05) is 32.6 Å². The summed E-state index contributed by atoms with van der Waals surface area (Å²) in [5.41, 5.74) is 0. The van der Waals surface area contributed by atoms with Crippen LogP contribution in [0.4, 0.5) is 0 Å². The Kier molecular flexibility index (Phi) is 12.3. The number of nitrogens with zero attached hydrogens (tertiary/aromatic N) is 2. The number of carbonyl (C=O) groups is 1. The SMILES string of the molecule is Br.Br.CN1CCN(CCCCC(=O)O)CC1. The second kappa shape index (κ2) is 10.5. The molecule has 0 spiro atoms. The molecule has 0 aliphatic carbocycles. The number of hydrogen-bond acceptors (Lipinski definition) is 3. The van der Waals surface area contributed by atoms with E-state index in [2.05, 4.69) is 16.8 Å². The van der Waals surface area contributed by atoms with Crippen LogP contribution in [-0.2, 0) is 4.79 Å². The van der Waals surface area contributed by atoms with Gasteiger partial charge in [-0.3, -0.25) is 4.79 Å². The molecular weight excluding hydrogens is 340 g/mol. The number of carboxylic acid groups (broad SMARTS) is 1. The van der Waals surface area contributed by atoms with Gasteiger partial charge in [0.25, 0.3) is 0 Å². The number of halogens is 2. The van der Waals surface area contributed by atoms with Crippen LogP contribution in [0.2, 0.25) is 0 Å². The molecule has 0 radical (unpaired) electrons. The maximum Gasteiger partial charge on any atom is 0.303 e. The molecular formula is C10H22Br2N2O2. The Bertz CT molecular complexity index is 186. The molecule has 98 valence electrons. The van der Waals surface area contributed by atoms with Crippen LogP contribution in [0.3, 0.4) is 0 Å². The Morgan fingerprint density at radius 2 is 1.69 bits per heavy atom. The molecule has 4 nitrogen and oxygen atoms in total. The maximum absolute atomic E-state index is 10.3. The second-order valence-electron chi connectivity index (χ2n) is 4.00. The van der Waals surface area contributed by atoms with E-state index < -0.39 is 5.97 Å². The molecule has 1 aliphatic rings. The molecule has 1 rings (SSSR count). The fraction of sp³-hybridized carbons (Fsp3) is 0.900. The lowest BCUT2D eigenvalue weighted by molar-refractivity contribution is -0.137. The summed E-state index contributed by atoms with van der Waals surface area (Å²) in [5, 5.41) is 8.46. The van der Waals surface area contributed by atoms with Crippen molar-refractivity contribution >= 4 is 39.9 Å². The van der Waals surface area contributed by atoms with E-state index in [-0.39, 0.29) is 34.0 Å². The molecule has 1 heterocycles. The Hall–Kier alpha value is 0.350. The largest absolute Gasteiger partial charge is 0.481 e. The predicted octanol–water partition coefficient (Wildman–Crippen LogP) is 1.64. The molecule has 1 aliphatic heterocycles. The number of rotatable bonds is 5. The topological polar surface area (TPSA) is 43.8 Å². The van der Waals surface area contributed by atoms with Crippen LogP contribution in [0.5, 0.6) is 0 Å². The molecule has 1 fully saturated rings. The van der Waals surface area contributed by atoms with Gasteiger partial charge in [-0.05, 0) is 26.4 Å². The third-order valence-electron chi connectivity index (χ3n) is 2.71. The molecule has 0 aromatic heterocycles. The third kappa shape index (κ3) is 8.50. The van der Waals surface area contributed by atoms with Crippen LogP contribution < -0.4 is 0 Å². The molecule has 0 unspecified atom stereocenters. The van der Waals surface area contributed by atoms with Crippen LogP contribution in [0.25, 0.3) is 0 Å². The van der Waals surface area contributed by atoms with E-state index in [4.69, 9.17) is 5.11 Å². The van der Waals surface area contributed by atoms with E-state index in [1.807, 2.05) is 0 Å². The number of hydrogen-bond donors (Lipinski definition) is 1. The quantitative estimate of drug-likeness (QED) is 0.756. The van der Waals surface area contributed by atoms with Crippen molar-refractivity contribution in [2.45, 2.75) is 19.3 Å². The van der Waals surface area contributed by atoms with Crippen molar-refractivity contribution in [2.75, 3.05) is 39.8 Å². The van der Waals surface area contributed by atoms with Crippen molar-refractivity contribution in [2.24, 2.45) is 0 Å². The minimum Gasteiger partial charge on any atom is -0.481 e. The fourth-order valence-electron chi connectivity index (χ4n) is 1.68. The van der Waals surface area contributed by atoms with E-state index in [1.165, 1.54) is 0 Å². The van der Waals surface area contributed by atoms with Crippen LogP contribution >= 0.6 is 34.0 Å². The first-order valence-corrected chi connectivity index (χ1v) is 5.31. The zero-order valence-corrected chi connectivity index (χ0v) is 13.1. The smallest absolute Gasteiger partial charge is 0.303 e. The van der Waals surface area contributed by atoms with Crippen molar-refractivity contribution in [1.29, 1.82) is 0 Å². The number of aliphatic carboxylic acids is 1. The lowest BCUT2D eigenvalue weighted by Crippen LogP contribution is -2.44. The van der Waals surface area contributed by atoms with E-state index in [0.717, 1.165) is 45.6 Å². The highest BCUT2D eigenvalue weighted by atomic mass is 79.9. The summed E-state index contributed by atoms with van der Waals surface area (Å²) < 4.78 is 0. The molecule has 16 heavy (non-hydrogen) atoms. The van der Waals surface area contributed by atoms with E-state index in [1.54, 1.807) is 0 Å². The summed E-state index contributed by atoms with van der Waals surface area (Å²) in [6.45, 7) is 5.59. The van der Waals surface area contributed by atoms with Crippen molar-refractivity contribution < 1.29 is 9.90 Å². The Balaban J connectivity index is 0. The number of likely N-dealkylation sites (N-methyl/N-ethyl adjacent to an activating group) is 1. The molecule has 0 aromatic rings. The average molecular weight is 362 g/mol. The van der Waals surface area contributed by atoms with Gasteiger partial charge in [0.2, 0.25) is 0 Å². The molecule has 0 aromatic carbocycles. The van der Waals surface area contributed by atoms with Gasteiger partial charge in [-0.2, -0.15) is 0 Å². The molecule has 6 heteroatoms. The lowest BCUT2D eigenvalue weighted by Gasteiger charge is -2.32. The van der Waals surface area contributed by atoms with Gasteiger partial charge in [0.1, 0.15) is 0 Å². The first-order chi connectivity index (χ1) is 6.68. The summed E-state index contributed by atoms with van der Waals surface area (Å²) >= 11 is 0. The standard InChI is InChI=1S/C10H20N2O2.2BrH/c1-11-6-8-12(9-7-11)5-3-2-4-10(13)14;;/h2-9H2,1H3,(H,13,14);2*1H. The summed E-state index contributed by atoms with van der Waals surface area (Å²) in [7, 11) is 2.14. The van der Waals surface area contributed by atoms with Crippen molar-refractivity contribution in [3.8, 4) is 0 Å². The highest BCUT2D eigenvalue weighted by molar-refractivity contribution is 8.93. The monoisotopic (exact) mass is 360 g/mol. The van der Waals surface area contributed by atoms with Crippen molar-refractivity contribution in [1.82, 2.24) is 9.80 Å². The van der Waals surface area contributed by atoms with Gasteiger partial charge in [-0.15, -0.1) is 34.0 Å². The Morgan fingerprint density at radius 1 is 1.12 bits per heavy atom. The Morgan fingerprint density at radius 3 is 2.19 bits per heavy atom. The first kappa shape index (κ1) is 18.7. The average Bonchev–Trinajstić information content (AvgIpc) is 2.15. The molecule has 1 N–H and O–H groups in total. The second-order valence-corrected chi connectivity index (χ2v) is 4.00. The highest BCUT2D eigenvalue weighted by Gasteiger charge is 2.12. The van der Waals surface area contributed by atoms with Crippen molar-refractivity contribution in [3.63, 3.8) is 0 Å². The minimum atomic E-state index is -0.677. The summed E-state index contributed by atoms with van der Waals surface area (Å²) in [6.07, 6.45) is 2.13. The molecule has 0 saturated carbocycles. The number of piperazine rings is 1. The zero-order chi connectivity index (χ0) is 10.4. The van der Waals surface area contributed by atoms with Gasteiger partial charge in [0.05, 0.1) is 0 Å². The lowest BCUT2D eigenvalue weighted by atomic mass is 10.2.